The predicted octanol–water partition coefficient (Wildman–Crippen LogP) is 3.78. The maximum Gasteiger partial charge on any atom is 0.306 e. The Morgan fingerprint density at radius 2 is 1.57 bits per heavy atom. The third-order valence-electron chi connectivity index (χ3n) is 4.24. The summed E-state index contributed by atoms with van der Waals surface area (Å²) in [6.07, 6.45) is 1.34. The van der Waals surface area contributed by atoms with Crippen molar-refractivity contribution in [1.82, 2.24) is 5.32 Å². The molecule has 0 aliphatic heterocycles. The number of furan rings is 1. The number of amides is 1. The summed E-state index contributed by atoms with van der Waals surface area (Å²) >= 11 is 0. The van der Waals surface area contributed by atoms with Crippen LogP contribution in [0, 0.1) is 0 Å². The lowest BCUT2D eigenvalue weighted by Gasteiger charge is -2.06. The highest BCUT2D eigenvalue weighted by Gasteiger charge is 2.10. The molecule has 0 saturated carbocycles. The Kier molecular flexibility index (Phi) is 7.01. The van der Waals surface area contributed by atoms with Crippen LogP contribution in [0.15, 0.2) is 77.2 Å². The zero-order chi connectivity index (χ0) is 19.6. The lowest BCUT2D eigenvalue weighted by Crippen LogP contribution is -2.30. The number of hydrogen-bond donors (Lipinski definition) is 1. The molecule has 1 N–H and O–H groups in total. The van der Waals surface area contributed by atoms with E-state index in [-0.39, 0.29) is 18.9 Å². The second kappa shape index (κ2) is 10.1. The second-order valence-corrected chi connectivity index (χ2v) is 6.38. The fraction of sp³-hybridized carbons (Fsp3) is 0.217. The Morgan fingerprint density at radius 1 is 0.857 bits per heavy atom. The molecule has 0 aliphatic carbocycles. The maximum absolute atomic E-state index is 11.8. The van der Waals surface area contributed by atoms with Gasteiger partial charge in [0, 0.05) is 18.5 Å². The number of carbonyl (C=O) groups is 2. The summed E-state index contributed by atoms with van der Waals surface area (Å²) in [6.45, 7) is 0.246. The van der Waals surface area contributed by atoms with E-state index in [2.05, 4.69) is 5.32 Å². The lowest BCUT2D eigenvalue weighted by atomic mass is 10.1. The topological polar surface area (TPSA) is 68.5 Å². The Labute approximate surface area is 164 Å². The van der Waals surface area contributed by atoms with Gasteiger partial charge in [0.05, 0.1) is 6.42 Å². The number of ether oxygens (including phenoxy) is 1. The molecule has 5 heteroatoms. The monoisotopic (exact) mass is 377 g/mol. The Balaban J connectivity index is 1.33. The van der Waals surface area contributed by atoms with Crippen LogP contribution in [0.5, 0.6) is 0 Å². The quantitative estimate of drug-likeness (QED) is 0.576. The maximum atomic E-state index is 11.8. The van der Waals surface area contributed by atoms with Crippen LogP contribution in [0.2, 0.25) is 0 Å². The van der Waals surface area contributed by atoms with Crippen LogP contribution in [0.4, 0.5) is 0 Å². The Hall–Kier alpha value is -3.34. The number of hydrogen-bond acceptors (Lipinski definition) is 4. The van der Waals surface area contributed by atoms with Gasteiger partial charge in [0.2, 0.25) is 0 Å². The number of esters is 1. The van der Waals surface area contributed by atoms with Crippen molar-refractivity contribution in [3.05, 3.63) is 84.1 Å². The molecule has 1 amide bonds. The van der Waals surface area contributed by atoms with E-state index in [4.69, 9.17) is 9.15 Å². The van der Waals surface area contributed by atoms with Gasteiger partial charge in [0.15, 0.2) is 6.61 Å². The van der Waals surface area contributed by atoms with E-state index >= 15 is 0 Å². The molecule has 28 heavy (non-hydrogen) atoms. The van der Waals surface area contributed by atoms with Gasteiger partial charge in [-0.1, -0.05) is 60.7 Å². The summed E-state index contributed by atoms with van der Waals surface area (Å²) in [6, 6.07) is 23.4. The molecule has 1 heterocycles. The van der Waals surface area contributed by atoms with Crippen LogP contribution in [-0.2, 0) is 27.2 Å². The van der Waals surface area contributed by atoms with Crippen molar-refractivity contribution in [3.63, 3.8) is 0 Å². The van der Waals surface area contributed by atoms with Crippen LogP contribution in [0.1, 0.15) is 17.7 Å². The van der Waals surface area contributed by atoms with E-state index in [0.29, 0.717) is 18.7 Å². The minimum absolute atomic E-state index is 0.166. The molecule has 0 radical (unpaired) electrons. The van der Waals surface area contributed by atoms with Crippen LogP contribution in [0.25, 0.3) is 11.3 Å². The number of aryl methyl sites for hydroxylation is 1. The van der Waals surface area contributed by atoms with Crippen LogP contribution < -0.4 is 5.32 Å². The van der Waals surface area contributed by atoms with Gasteiger partial charge in [-0.05, 0) is 24.1 Å². The van der Waals surface area contributed by atoms with Gasteiger partial charge < -0.3 is 14.5 Å². The molecule has 2 aromatic carbocycles. The van der Waals surface area contributed by atoms with Gasteiger partial charge >= 0.3 is 5.97 Å². The molecule has 5 nitrogen and oxygen atoms in total. The van der Waals surface area contributed by atoms with E-state index in [1.807, 2.05) is 72.8 Å². The highest BCUT2D eigenvalue weighted by atomic mass is 16.5. The molecule has 0 bridgehead atoms. The third kappa shape index (κ3) is 6.13. The average Bonchev–Trinajstić information content (AvgIpc) is 3.21. The predicted molar refractivity (Wildman–Crippen MR) is 107 cm³/mol. The first-order valence-corrected chi connectivity index (χ1v) is 9.31. The van der Waals surface area contributed by atoms with Gasteiger partial charge in [-0.3, -0.25) is 9.59 Å². The Morgan fingerprint density at radius 3 is 2.32 bits per heavy atom. The van der Waals surface area contributed by atoms with E-state index in [1.165, 1.54) is 0 Å². The molecule has 3 rings (SSSR count). The summed E-state index contributed by atoms with van der Waals surface area (Å²) in [7, 11) is 0. The van der Waals surface area contributed by atoms with E-state index in [0.717, 1.165) is 23.3 Å². The molecule has 3 aromatic rings. The lowest BCUT2D eigenvalue weighted by molar-refractivity contribution is -0.148. The summed E-state index contributed by atoms with van der Waals surface area (Å²) in [5.74, 6) is 0.759. The standard InChI is InChI=1S/C23H23NO4/c25-22(24-16-15-18-7-3-1-4-8-18)17-27-23(26)14-12-20-11-13-21(28-20)19-9-5-2-6-10-19/h1-11,13H,12,14-17H2,(H,24,25). The van der Waals surface area contributed by atoms with Crippen molar-refractivity contribution in [2.75, 3.05) is 13.2 Å². The third-order valence-corrected chi connectivity index (χ3v) is 4.24. The fourth-order valence-corrected chi connectivity index (χ4v) is 2.76. The van der Waals surface area contributed by atoms with Crippen molar-refractivity contribution >= 4 is 11.9 Å². The number of nitrogens with one attached hydrogen (secondary N) is 1. The largest absolute Gasteiger partial charge is 0.461 e. The first-order chi connectivity index (χ1) is 13.7. The number of carbonyl (C=O) groups excluding carboxylic acids is 2. The summed E-state index contributed by atoms with van der Waals surface area (Å²) in [5.41, 5.74) is 2.14. The molecular formula is C23H23NO4. The van der Waals surface area contributed by atoms with Gasteiger partial charge in [0.25, 0.3) is 5.91 Å². The highest BCUT2D eigenvalue weighted by molar-refractivity contribution is 5.80. The van der Waals surface area contributed by atoms with E-state index in [1.54, 1.807) is 0 Å². The molecule has 0 aliphatic rings. The summed E-state index contributed by atoms with van der Waals surface area (Å²) < 4.78 is 10.8. The van der Waals surface area contributed by atoms with E-state index < -0.39 is 5.97 Å². The van der Waals surface area contributed by atoms with Crippen molar-refractivity contribution in [1.29, 1.82) is 0 Å². The van der Waals surface area contributed by atoms with Crippen molar-refractivity contribution in [2.24, 2.45) is 0 Å². The first-order valence-electron chi connectivity index (χ1n) is 9.31. The summed E-state index contributed by atoms with van der Waals surface area (Å²) in [4.78, 5) is 23.6. The molecule has 0 spiro atoms. The molecular weight excluding hydrogens is 354 g/mol. The highest BCUT2D eigenvalue weighted by Crippen LogP contribution is 2.22. The second-order valence-electron chi connectivity index (χ2n) is 6.38. The van der Waals surface area contributed by atoms with Gasteiger partial charge in [0.1, 0.15) is 11.5 Å². The van der Waals surface area contributed by atoms with Crippen molar-refractivity contribution in [2.45, 2.75) is 19.3 Å². The molecule has 0 unspecified atom stereocenters. The molecule has 0 fully saturated rings. The van der Waals surface area contributed by atoms with Crippen LogP contribution >= 0.6 is 0 Å². The van der Waals surface area contributed by atoms with Gasteiger partial charge in [-0.15, -0.1) is 0 Å². The zero-order valence-corrected chi connectivity index (χ0v) is 15.6. The average molecular weight is 377 g/mol. The minimum atomic E-state index is -0.420. The van der Waals surface area contributed by atoms with Crippen LogP contribution in [-0.4, -0.2) is 25.0 Å². The molecule has 144 valence electrons. The molecule has 0 saturated heterocycles. The number of benzene rings is 2. The SMILES string of the molecule is O=C(COC(=O)CCc1ccc(-c2ccccc2)o1)NCCc1ccccc1. The van der Waals surface area contributed by atoms with Crippen molar-refractivity contribution in [3.8, 4) is 11.3 Å². The van der Waals surface area contributed by atoms with Gasteiger partial charge in [-0.25, -0.2) is 0 Å². The first kappa shape index (κ1) is 19.4. The zero-order valence-electron chi connectivity index (χ0n) is 15.6. The normalized spacial score (nSPS) is 10.4. The number of rotatable bonds is 9. The molecule has 1 aromatic heterocycles. The summed E-state index contributed by atoms with van der Waals surface area (Å²) in [5, 5.41) is 2.75. The smallest absolute Gasteiger partial charge is 0.306 e. The fourth-order valence-electron chi connectivity index (χ4n) is 2.76. The molecule has 0 atom stereocenters. The Bertz CT molecular complexity index is 887. The van der Waals surface area contributed by atoms with Crippen LogP contribution in [0.3, 0.4) is 0 Å². The minimum Gasteiger partial charge on any atom is -0.461 e. The van der Waals surface area contributed by atoms with Crippen molar-refractivity contribution < 1.29 is 18.7 Å². The van der Waals surface area contributed by atoms with Gasteiger partial charge in [-0.2, -0.15) is 0 Å². The van der Waals surface area contributed by atoms with E-state index in [9.17, 15) is 9.59 Å².